The van der Waals surface area contributed by atoms with E-state index in [4.69, 9.17) is 4.74 Å². The van der Waals surface area contributed by atoms with Crippen molar-refractivity contribution in [3.63, 3.8) is 0 Å². The first kappa shape index (κ1) is 20.3. The quantitative estimate of drug-likeness (QED) is 0.453. The molecule has 1 amide bonds. The third-order valence-corrected chi connectivity index (χ3v) is 4.88. The van der Waals surface area contributed by atoms with Crippen LogP contribution in [-0.4, -0.2) is 32.9 Å². The molecule has 7 nitrogen and oxygen atoms in total. The number of anilines is 1. The van der Waals surface area contributed by atoms with Crippen molar-refractivity contribution in [1.82, 2.24) is 15.0 Å². The van der Waals surface area contributed by atoms with Crippen LogP contribution in [-0.2, 0) is 9.53 Å². The van der Waals surface area contributed by atoms with E-state index in [0.29, 0.717) is 17.7 Å². The van der Waals surface area contributed by atoms with Crippen LogP contribution in [0.5, 0.6) is 0 Å². The molecule has 0 aliphatic heterocycles. The molecule has 31 heavy (non-hydrogen) atoms. The number of carbonyl (C=O) groups is 2. The number of aryl methyl sites for hydroxylation is 1. The number of H-pyrrole nitrogens is 1. The number of hydrogen-bond acceptors (Lipinski definition) is 5. The Morgan fingerprint density at radius 2 is 1.94 bits per heavy atom. The summed E-state index contributed by atoms with van der Waals surface area (Å²) >= 11 is 0. The summed E-state index contributed by atoms with van der Waals surface area (Å²) in [5, 5.41) is 2.71. The highest BCUT2D eigenvalue weighted by molar-refractivity contribution is 5.98. The lowest BCUT2D eigenvalue weighted by Crippen LogP contribution is -2.32. The van der Waals surface area contributed by atoms with Crippen molar-refractivity contribution in [2.24, 2.45) is 0 Å². The van der Waals surface area contributed by atoms with Crippen molar-refractivity contribution in [2.45, 2.75) is 26.4 Å². The molecule has 4 aromatic rings. The van der Waals surface area contributed by atoms with Gasteiger partial charge < -0.3 is 15.0 Å². The highest BCUT2D eigenvalue weighted by Crippen LogP contribution is 2.22. The van der Waals surface area contributed by atoms with Crippen LogP contribution in [0.1, 0.15) is 29.3 Å². The van der Waals surface area contributed by atoms with Crippen molar-refractivity contribution in [1.29, 1.82) is 0 Å². The average Bonchev–Trinajstić information content (AvgIpc) is 3.21. The zero-order chi connectivity index (χ0) is 21.8. The zero-order valence-electron chi connectivity index (χ0n) is 17.3. The smallest absolute Gasteiger partial charge is 0.338 e. The topological polar surface area (TPSA) is 97.0 Å². The van der Waals surface area contributed by atoms with E-state index in [-0.39, 0.29) is 0 Å². The van der Waals surface area contributed by atoms with Crippen molar-refractivity contribution in [3.8, 4) is 11.4 Å². The van der Waals surface area contributed by atoms with Crippen LogP contribution in [0.3, 0.4) is 0 Å². The van der Waals surface area contributed by atoms with Gasteiger partial charge in [-0.2, -0.15) is 0 Å². The number of imidazole rings is 1. The molecule has 7 heteroatoms. The van der Waals surface area contributed by atoms with E-state index in [1.807, 2.05) is 31.2 Å². The lowest BCUT2D eigenvalue weighted by Gasteiger charge is -2.16. The Balaban J connectivity index is 1.50. The number of nitrogens with zero attached hydrogens (tertiary/aromatic N) is 2. The van der Waals surface area contributed by atoms with Crippen LogP contribution in [0.15, 0.2) is 67.0 Å². The first-order valence-corrected chi connectivity index (χ1v) is 10.0. The monoisotopic (exact) mass is 414 g/mol. The van der Waals surface area contributed by atoms with Crippen molar-refractivity contribution in [2.75, 3.05) is 5.32 Å². The number of nitrogens with one attached hydrogen (secondary N) is 2. The van der Waals surface area contributed by atoms with E-state index >= 15 is 0 Å². The number of carbonyl (C=O) groups excluding carboxylic acids is 2. The maximum absolute atomic E-state index is 12.7. The Bertz CT molecular complexity index is 1220. The summed E-state index contributed by atoms with van der Waals surface area (Å²) < 4.78 is 5.47. The van der Waals surface area contributed by atoms with Gasteiger partial charge in [-0.15, -0.1) is 0 Å². The highest BCUT2D eigenvalue weighted by atomic mass is 16.5. The molecule has 0 bridgehead atoms. The summed E-state index contributed by atoms with van der Waals surface area (Å²) in [6, 6.07) is 16.6. The van der Waals surface area contributed by atoms with Crippen molar-refractivity contribution < 1.29 is 14.3 Å². The minimum atomic E-state index is -0.909. The van der Waals surface area contributed by atoms with E-state index in [1.165, 1.54) is 11.8 Å². The fourth-order valence-corrected chi connectivity index (χ4v) is 3.16. The standard InChI is InChI=1S/C24H22N4O3/c1-3-21(23(29)26-18-5-4-12-25-14-18)31-24(30)17-10-11-19-20(13-17)28-22(27-19)16-8-6-15(2)7-9-16/h4-14,21H,3H2,1-2H3,(H,26,29)(H,27,28). The van der Waals surface area contributed by atoms with E-state index < -0.39 is 18.0 Å². The van der Waals surface area contributed by atoms with Gasteiger partial charge in [-0.1, -0.05) is 36.8 Å². The molecular formula is C24H22N4O3. The molecule has 2 N–H and O–H groups in total. The fraction of sp³-hybridized carbons (Fsp3) is 0.167. The Kier molecular flexibility index (Phi) is 5.75. The minimum Gasteiger partial charge on any atom is -0.449 e. The summed E-state index contributed by atoms with van der Waals surface area (Å²) in [5.41, 5.74) is 4.49. The summed E-state index contributed by atoms with van der Waals surface area (Å²) in [5.74, 6) is -0.238. The molecular weight excluding hydrogens is 392 g/mol. The lowest BCUT2D eigenvalue weighted by atomic mass is 10.1. The van der Waals surface area contributed by atoms with Crippen LogP contribution >= 0.6 is 0 Å². The van der Waals surface area contributed by atoms with Crippen molar-refractivity contribution >= 4 is 28.6 Å². The third kappa shape index (κ3) is 4.61. The van der Waals surface area contributed by atoms with Gasteiger partial charge in [0.15, 0.2) is 6.10 Å². The molecule has 1 atom stereocenters. The van der Waals surface area contributed by atoms with Crippen LogP contribution in [0.25, 0.3) is 22.4 Å². The summed E-state index contributed by atoms with van der Waals surface area (Å²) in [6.07, 6.45) is 2.59. The van der Waals surface area contributed by atoms with E-state index in [2.05, 4.69) is 20.3 Å². The minimum absolute atomic E-state index is 0.347. The van der Waals surface area contributed by atoms with Gasteiger partial charge in [-0.05, 0) is 43.7 Å². The van der Waals surface area contributed by atoms with Gasteiger partial charge in [-0.25, -0.2) is 9.78 Å². The van der Waals surface area contributed by atoms with Crippen LogP contribution in [0, 0.1) is 6.92 Å². The third-order valence-electron chi connectivity index (χ3n) is 4.88. The number of amides is 1. The van der Waals surface area contributed by atoms with Gasteiger partial charge in [0.1, 0.15) is 5.82 Å². The van der Waals surface area contributed by atoms with Gasteiger partial charge in [0.2, 0.25) is 0 Å². The Morgan fingerprint density at radius 1 is 1.13 bits per heavy atom. The number of rotatable bonds is 6. The second-order valence-corrected chi connectivity index (χ2v) is 7.22. The number of aromatic nitrogens is 3. The average molecular weight is 414 g/mol. The largest absolute Gasteiger partial charge is 0.449 e. The fourth-order valence-electron chi connectivity index (χ4n) is 3.16. The van der Waals surface area contributed by atoms with E-state index in [1.54, 1.807) is 43.5 Å². The molecule has 0 fully saturated rings. The molecule has 2 aromatic heterocycles. The van der Waals surface area contributed by atoms with Gasteiger partial charge in [0.25, 0.3) is 5.91 Å². The number of benzene rings is 2. The normalized spacial score (nSPS) is 11.8. The number of pyridine rings is 1. The number of hydrogen-bond donors (Lipinski definition) is 2. The van der Waals surface area contributed by atoms with Crippen LogP contribution in [0.4, 0.5) is 5.69 Å². The van der Waals surface area contributed by atoms with Gasteiger partial charge in [0.05, 0.1) is 28.5 Å². The first-order valence-electron chi connectivity index (χ1n) is 10.0. The SMILES string of the molecule is CCC(OC(=O)c1ccc2nc(-c3ccc(C)cc3)[nH]c2c1)C(=O)Nc1cccnc1. The molecule has 2 aromatic carbocycles. The molecule has 0 radical (unpaired) electrons. The van der Waals surface area contributed by atoms with E-state index in [0.717, 1.165) is 22.4 Å². The Hall–Kier alpha value is -4.00. The number of ether oxygens (including phenoxy) is 1. The van der Waals surface area contributed by atoms with Crippen LogP contribution in [0.2, 0.25) is 0 Å². The number of esters is 1. The molecule has 4 rings (SSSR count). The summed E-state index contributed by atoms with van der Waals surface area (Å²) in [7, 11) is 0. The maximum Gasteiger partial charge on any atom is 0.338 e. The van der Waals surface area contributed by atoms with Crippen LogP contribution < -0.4 is 5.32 Å². The second-order valence-electron chi connectivity index (χ2n) is 7.22. The Morgan fingerprint density at radius 3 is 2.65 bits per heavy atom. The number of fused-ring (bicyclic) bond motifs is 1. The first-order chi connectivity index (χ1) is 15.0. The van der Waals surface area contributed by atoms with Gasteiger partial charge in [0, 0.05) is 11.8 Å². The Labute approximate surface area is 179 Å². The summed E-state index contributed by atoms with van der Waals surface area (Å²) in [6.45, 7) is 3.81. The van der Waals surface area contributed by atoms with Gasteiger partial charge in [-0.3, -0.25) is 9.78 Å². The molecule has 0 aliphatic rings. The molecule has 0 aliphatic carbocycles. The number of aromatic amines is 1. The van der Waals surface area contributed by atoms with Crippen molar-refractivity contribution in [3.05, 3.63) is 78.1 Å². The molecule has 0 spiro atoms. The van der Waals surface area contributed by atoms with E-state index in [9.17, 15) is 9.59 Å². The molecule has 2 heterocycles. The maximum atomic E-state index is 12.7. The summed E-state index contributed by atoms with van der Waals surface area (Å²) in [4.78, 5) is 36.9. The molecule has 156 valence electrons. The lowest BCUT2D eigenvalue weighted by molar-refractivity contribution is -0.124. The predicted octanol–water partition coefficient (Wildman–Crippen LogP) is 4.51. The molecule has 1 unspecified atom stereocenters. The predicted molar refractivity (Wildman–Crippen MR) is 119 cm³/mol. The molecule has 0 saturated carbocycles. The van der Waals surface area contributed by atoms with Gasteiger partial charge >= 0.3 is 5.97 Å². The highest BCUT2D eigenvalue weighted by Gasteiger charge is 2.22. The zero-order valence-corrected chi connectivity index (χ0v) is 17.3. The molecule has 0 saturated heterocycles. The second kappa shape index (κ2) is 8.79.